The van der Waals surface area contributed by atoms with Crippen molar-refractivity contribution in [3.63, 3.8) is 0 Å². The summed E-state index contributed by atoms with van der Waals surface area (Å²) in [6.45, 7) is 8.75. The summed E-state index contributed by atoms with van der Waals surface area (Å²) in [5.41, 5.74) is 9.15. The lowest BCUT2D eigenvalue weighted by Gasteiger charge is -2.15. The maximum atomic E-state index is 2.42. The highest BCUT2D eigenvalue weighted by molar-refractivity contribution is 6.09. The molecule has 3 aromatic carbocycles. The molecule has 4 aromatic rings. The first-order chi connectivity index (χ1) is 11.1. The van der Waals surface area contributed by atoms with Crippen molar-refractivity contribution in [2.45, 2.75) is 27.7 Å². The van der Waals surface area contributed by atoms with Crippen molar-refractivity contribution in [3.8, 4) is 5.69 Å². The third-order valence-corrected chi connectivity index (χ3v) is 4.69. The van der Waals surface area contributed by atoms with E-state index in [2.05, 4.69) is 86.9 Å². The predicted molar refractivity (Wildman–Crippen MR) is 99.7 cm³/mol. The molecule has 23 heavy (non-hydrogen) atoms. The van der Waals surface area contributed by atoms with E-state index >= 15 is 0 Å². The van der Waals surface area contributed by atoms with Crippen LogP contribution in [0.1, 0.15) is 22.3 Å². The molecule has 0 spiro atoms. The second kappa shape index (κ2) is 4.99. The van der Waals surface area contributed by atoms with E-state index in [0.717, 1.165) is 0 Å². The predicted octanol–water partition coefficient (Wildman–Crippen LogP) is 6.02. The summed E-state index contributed by atoms with van der Waals surface area (Å²) in [6, 6.07) is 20.0. The van der Waals surface area contributed by atoms with Crippen LogP contribution in [0.25, 0.3) is 27.5 Å². The van der Waals surface area contributed by atoms with E-state index < -0.39 is 0 Å². The van der Waals surface area contributed by atoms with Gasteiger partial charge in [0.2, 0.25) is 0 Å². The van der Waals surface area contributed by atoms with Crippen LogP contribution in [-0.2, 0) is 0 Å². The number of benzene rings is 3. The smallest absolute Gasteiger partial charge is 0.0541 e. The minimum absolute atomic E-state index is 1.28. The Labute approximate surface area is 137 Å². The minimum atomic E-state index is 1.28. The fourth-order valence-corrected chi connectivity index (χ4v) is 3.85. The fraction of sp³-hybridized carbons (Fsp3) is 0.182. The van der Waals surface area contributed by atoms with E-state index in [0.29, 0.717) is 0 Å². The van der Waals surface area contributed by atoms with Gasteiger partial charge >= 0.3 is 0 Å². The number of fused-ring (bicyclic) bond motifs is 3. The molecular weight excluding hydrogens is 278 g/mol. The zero-order chi connectivity index (χ0) is 16.1. The molecule has 0 amide bonds. The van der Waals surface area contributed by atoms with Gasteiger partial charge in [0.05, 0.1) is 16.7 Å². The van der Waals surface area contributed by atoms with Gasteiger partial charge in [0.15, 0.2) is 0 Å². The van der Waals surface area contributed by atoms with Crippen molar-refractivity contribution >= 4 is 21.8 Å². The Morgan fingerprint density at radius 3 is 2.00 bits per heavy atom. The summed E-state index contributed by atoms with van der Waals surface area (Å²) in [5, 5.41) is 2.66. The van der Waals surface area contributed by atoms with E-state index in [1.807, 2.05) is 0 Å². The SMILES string of the molecule is Cc1cc(C)c(-n2c3ccccc3c3cc(C)ccc32)c(C)c1. The Morgan fingerprint density at radius 2 is 1.26 bits per heavy atom. The van der Waals surface area contributed by atoms with Crippen molar-refractivity contribution < 1.29 is 0 Å². The van der Waals surface area contributed by atoms with Crippen molar-refractivity contribution in [1.29, 1.82) is 0 Å². The van der Waals surface area contributed by atoms with Crippen LogP contribution in [0.4, 0.5) is 0 Å². The first kappa shape index (κ1) is 14.1. The second-order valence-corrected chi connectivity index (χ2v) is 6.62. The highest BCUT2D eigenvalue weighted by Gasteiger charge is 2.15. The highest BCUT2D eigenvalue weighted by atomic mass is 15.0. The Hall–Kier alpha value is -2.54. The topological polar surface area (TPSA) is 4.93 Å². The maximum absolute atomic E-state index is 2.42. The Morgan fingerprint density at radius 1 is 0.609 bits per heavy atom. The lowest BCUT2D eigenvalue weighted by atomic mass is 10.0. The molecule has 0 aliphatic rings. The van der Waals surface area contributed by atoms with E-state index in [9.17, 15) is 0 Å². The molecule has 0 radical (unpaired) electrons. The molecule has 1 heteroatoms. The molecule has 0 saturated carbocycles. The third-order valence-electron chi connectivity index (χ3n) is 4.69. The van der Waals surface area contributed by atoms with Gasteiger partial charge in [-0.05, 0) is 57.0 Å². The van der Waals surface area contributed by atoms with Crippen molar-refractivity contribution in [2.75, 3.05) is 0 Å². The molecule has 0 aliphatic carbocycles. The van der Waals surface area contributed by atoms with Crippen molar-refractivity contribution in [2.24, 2.45) is 0 Å². The Kier molecular flexibility index (Phi) is 3.05. The van der Waals surface area contributed by atoms with Gasteiger partial charge in [0.1, 0.15) is 0 Å². The monoisotopic (exact) mass is 299 g/mol. The lowest BCUT2D eigenvalue weighted by molar-refractivity contribution is 1.11. The molecule has 0 unspecified atom stereocenters. The van der Waals surface area contributed by atoms with Crippen LogP contribution in [0.5, 0.6) is 0 Å². The number of para-hydroxylation sites is 1. The zero-order valence-corrected chi connectivity index (χ0v) is 14.1. The van der Waals surface area contributed by atoms with Gasteiger partial charge in [-0.2, -0.15) is 0 Å². The standard InChI is InChI=1S/C22H21N/c1-14-9-10-21-19(13-14)18-7-5-6-8-20(18)23(21)22-16(3)11-15(2)12-17(22)4/h5-13H,1-4H3. The fourth-order valence-electron chi connectivity index (χ4n) is 3.85. The van der Waals surface area contributed by atoms with Gasteiger partial charge in [-0.25, -0.2) is 0 Å². The molecule has 0 aliphatic heterocycles. The van der Waals surface area contributed by atoms with Crippen molar-refractivity contribution in [1.82, 2.24) is 4.57 Å². The summed E-state index contributed by atoms with van der Waals surface area (Å²) in [5.74, 6) is 0. The van der Waals surface area contributed by atoms with E-state index in [1.54, 1.807) is 0 Å². The van der Waals surface area contributed by atoms with Crippen LogP contribution >= 0.6 is 0 Å². The molecule has 0 atom stereocenters. The zero-order valence-electron chi connectivity index (χ0n) is 14.1. The molecule has 4 rings (SSSR count). The van der Waals surface area contributed by atoms with Gasteiger partial charge in [0, 0.05) is 10.8 Å². The van der Waals surface area contributed by atoms with Gasteiger partial charge in [-0.1, -0.05) is 47.5 Å². The number of aryl methyl sites for hydroxylation is 4. The minimum Gasteiger partial charge on any atom is -0.309 e. The first-order valence-electron chi connectivity index (χ1n) is 8.14. The molecule has 114 valence electrons. The largest absolute Gasteiger partial charge is 0.309 e. The van der Waals surface area contributed by atoms with Crippen LogP contribution in [0.3, 0.4) is 0 Å². The molecule has 0 N–H and O–H groups in total. The number of aromatic nitrogens is 1. The van der Waals surface area contributed by atoms with Gasteiger partial charge in [0.25, 0.3) is 0 Å². The van der Waals surface area contributed by atoms with Crippen molar-refractivity contribution in [3.05, 3.63) is 76.9 Å². The van der Waals surface area contributed by atoms with Gasteiger partial charge < -0.3 is 4.57 Å². The summed E-state index contributed by atoms with van der Waals surface area (Å²) < 4.78 is 2.42. The normalized spacial score (nSPS) is 11.5. The van der Waals surface area contributed by atoms with Crippen LogP contribution in [0, 0.1) is 27.7 Å². The van der Waals surface area contributed by atoms with Gasteiger partial charge in [-0.3, -0.25) is 0 Å². The average molecular weight is 299 g/mol. The molecule has 0 fully saturated rings. The Balaban J connectivity index is 2.23. The summed E-state index contributed by atoms with van der Waals surface area (Å²) in [7, 11) is 0. The third kappa shape index (κ3) is 2.08. The second-order valence-electron chi connectivity index (χ2n) is 6.62. The maximum Gasteiger partial charge on any atom is 0.0541 e. The lowest BCUT2D eigenvalue weighted by Crippen LogP contribution is -2.00. The molecule has 0 saturated heterocycles. The molecule has 1 aromatic heterocycles. The summed E-state index contributed by atoms with van der Waals surface area (Å²) >= 11 is 0. The quantitative estimate of drug-likeness (QED) is 0.405. The number of hydrogen-bond acceptors (Lipinski definition) is 0. The van der Waals surface area contributed by atoms with Crippen LogP contribution in [-0.4, -0.2) is 4.57 Å². The molecular formula is C22H21N. The summed E-state index contributed by atoms with van der Waals surface area (Å²) in [4.78, 5) is 0. The van der Waals surface area contributed by atoms with E-state index in [4.69, 9.17) is 0 Å². The molecule has 1 heterocycles. The average Bonchev–Trinajstić information content (AvgIpc) is 2.81. The Bertz CT molecular complexity index is 1030. The highest BCUT2D eigenvalue weighted by Crippen LogP contribution is 2.34. The van der Waals surface area contributed by atoms with E-state index in [-0.39, 0.29) is 0 Å². The number of nitrogens with zero attached hydrogens (tertiary/aromatic N) is 1. The number of hydrogen-bond donors (Lipinski definition) is 0. The van der Waals surface area contributed by atoms with Crippen LogP contribution in [0.15, 0.2) is 54.6 Å². The van der Waals surface area contributed by atoms with Gasteiger partial charge in [-0.15, -0.1) is 0 Å². The van der Waals surface area contributed by atoms with Crippen LogP contribution < -0.4 is 0 Å². The first-order valence-corrected chi connectivity index (χ1v) is 8.14. The summed E-state index contributed by atoms with van der Waals surface area (Å²) in [6.07, 6.45) is 0. The van der Waals surface area contributed by atoms with Crippen LogP contribution in [0.2, 0.25) is 0 Å². The molecule has 1 nitrogen and oxygen atoms in total. The van der Waals surface area contributed by atoms with E-state index in [1.165, 1.54) is 49.7 Å². The number of rotatable bonds is 1. The molecule has 0 bridgehead atoms.